The molecule has 1 aromatic heterocycles. The number of hydrogen-bond donors (Lipinski definition) is 2. The number of nitrogens with one attached hydrogen (secondary N) is 2. The molecule has 0 saturated heterocycles. The van der Waals surface area contributed by atoms with Crippen LogP contribution in [0.1, 0.15) is 4.88 Å². The number of amides is 1. The third kappa shape index (κ3) is 4.02. The summed E-state index contributed by atoms with van der Waals surface area (Å²) in [5.74, 6) is -0.344. The van der Waals surface area contributed by atoms with E-state index in [1.54, 1.807) is 35.6 Å². The molecule has 0 saturated carbocycles. The van der Waals surface area contributed by atoms with Crippen molar-refractivity contribution in [3.8, 4) is 0 Å². The van der Waals surface area contributed by atoms with Gasteiger partial charge in [0.2, 0.25) is 0 Å². The first-order chi connectivity index (χ1) is 9.04. The maximum absolute atomic E-state index is 11.9. The lowest BCUT2D eigenvalue weighted by Gasteiger charge is -2.07. The number of thiophene rings is 1. The van der Waals surface area contributed by atoms with Crippen molar-refractivity contribution < 1.29 is 4.79 Å². The summed E-state index contributed by atoms with van der Waals surface area (Å²) in [5.41, 5.74) is 0.654. The van der Waals surface area contributed by atoms with E-state index < -0.39 is 0 Å². The van der Waals surface area contributed by atoms with Gasteiger partial charge in [-0.3, -0.25) is 4.79 Å². The Kier molecular flexibility index (Phi) is 4.52. The molecule has 0 fully saturated rings. The number of halogens is 1. The van der Waals surface area contributed by atoms with Gasteiger partial charge in [-0.2, -0.15) is 0 Å². The minimum atomic E-state index is -0.344. The first-order valence-corrected chi connectivity index (χ1v) is 7.09. The topological polar surface area (TPSA) is 41.1 Å². The number of anilines is 2. The van der Waals surface area contributed by atoms with Gasteiger partial charge in [0.25, 0.3) is 5.91 Å². The number of thiocarbonyl (C=S) groups is 1. The second-order valence-electron chi connectivity index (χ2n) is 3.83. The molecule has 6 heteroatoms. The molecule has 0 atom stereocenters. The summed E-state index contributed by atoms with van der Waals surface area (Å²) in [6, 6.07) is 10.7. The number of carbonyl (C=O) groups is 1. The van der Waals surface area contributed by atoms with E-state index in [1.165, 1.54) is 0 Å². The average molecular weight is 311 g/mol. The van der Waals surface area contributed by atoms with E-state index in [2.05, 4.69) is 10.6 Å². The normalized spacial score (nSPS) is 10.0. The van der Waals surface area contributed by atoms with Gasteiger partial charge in [-0.15, -0.1) is 11.3 Å². The fourth-order valence-electron chi connectivity index (χ4n) is 1.39. The molecule has 0 unspecified atom stereocenters. The van der Waals surface area contributed by atoms with Crippen LogP contribution in [0.5, 0.6) is 0 Å². The Morgan fingerprint density at radius 2 is 1.84 bits per heavy atom. The van der Waals surface area contributed by atoms with Gasteiger partial charge in [0, 0.05) is 15.6 Å². The van der Waals surface area contributed by atoms with E-state index in [9.17, 15) is 4.79 Å². The second-order valence-corrected chi connectivity index (χ2v) is 5.96. The Balaban J connectivity index is 1.96. The minimum Gasteiger partial charge on any atom is -0.334 e. The van der Waals surface area contributed by atoms with Crippen molar-refractivity contribution in [1.29, 1.82) is 0 Å². The van der Waals surface area contributed by atoms with Crippen LogP contribution < -0.4 is 10.6 Å². The fourth-order valence-corrected chi connectivity index (χ4v) is 2.52. The highest BCUT2D eigenvalue weighted by Crippen LogP contribution is 2.21. The van der Waals surface area contributed by atoms with Crippen molar-refractivity contribution in [3.05, 3.63) is 46.3 Å². The zero-order chi connectivity index (χ0) is 13.8. The van der Waals surface area contributed by atoms with Crippen LogP contribution in [-0.4, -0.2) is 10.9 Å². The Bertz CT molecular complexity index is 607. The SMILES string of the molecule is Cc1ccc(NC(=S)C(=O)Nc2ccc(Cl)cc2)s1. The highest BCUT2D eigenvalue weighted by atomic mass is 35.5. The first kappa shape index (κ1) is 14.0. The summed E-state index contributed by atoms with van der Waals surface area (Å²) in [7, 11) is 0. The molecule has 0 radical (unpaired) electrons. The van der Waals surface area contributed by atoms with Gasteiger partial charge < -0.3 is 10.6 Å². The molecule has 0 bridgehead atoms. The van der Waals surface area contributed by atoms with Crippen molar-refractivity contribution in [2.24, 2.45) is 0 Å². The van der Waals surface area contributed by atoms with E-state index in [0.29, 0.717) is 10.7 Å². The maximum Gasteiger partial charge on any atom is 0.283 e. The van der Waals surface area contributed by atoms with Gasteiger partial charge in [-0.1, -0.05) is 23.8 Å². The predicted octanol–water partition coefficient (Wildman–Crippen LogP) is 4.09. The molecule has 3 nitrogen and oxygen atoms in total. The fraction of sp³-hybridized carbons (Fsp3) is 0.0769. The summed E-state index contributed by atoms with van der Waals surface area (Å²) < 4.78 is 0. The van der Waals surface area contributed by atoms with Crippen LogP contribution in [0.2, 0.25) is 5.02 Å². The summed E-state index contributed by atoms with van der Waals surface area (Å²) >= 11 is 12.4. The van der Waals surface area contributed by atoms with E-state index in [0.717, 1.165) is 9.88 Å². The van der Waals surface area contributed by atoms with Crippen molar-refractivity contribution >= 4 is 56.7 Å². The Labute approximate surface area is 125 Å². The van der Waals surface area contributed by atoms with Crippen LogP contribution in [0.4, 0.5) is 10.7 Å². The molecule has 19 heavy (non-hydrogen) atoms. The molecule has 98 valence electrons. The first-order valence-electron chi connectivity index (χ1n) is 5.49. The van der Waals surface area contributed by atoms with Crippen LogP contribution >= 0.6 is 35.2 Å². The van der Waals surface area contributed by atoms with Gasteiger partial charge in [-0.05, 0) is 43.3 Å². The van der Waals surface area contributed by atoms with Gasteiger partial charge >= 0.3 is 0 Å². The van der Waals surface area contributed by atoms with Gasteiger partial charge in [-0.25, -0.2) is 0 Å². The van der Waals surface area contributed by atoms with Crippen molar-refractivity contribution in [2.75, 3.05) is 10.6 Å². The molecule has 2 aromatic rings. The lowest BCUT2D eigenvalue weighted by Crippen LogP contribution is -2.27. The number of benzene rings is 1. The molecule has 1 aromatic carbocycles. The van der Waals surface area contributed by atoms with E-state index in [-0.39, 0.29) is 10.9 Å². The molecule has 2 rings (SSSR count). The van der Waals surface area contributed by atoms with E-state index in [4.69, 9.17) is 23.8 Å². The zero-order valence-corrected chi connectivity index (χ0v) is 12.5. The largest absolute Gasteiger partial charge is 0.334 e. The summed E-state index contributed by atoms with van der Waals surface area (Å²) in [5, 5.41) is 7.08. The van der Waals surface area contributed by atoms with Crippen molar-refractivity contribution in [1.82, 2.24) is 0 Å². The molecule has 2 N–H and O–H groups in total. The zero-order valence-electron chi connectivity index (χ0n) is 10.1. The summed E-state index contributed by atoms with van der Waals surface area (Å²) in [6.45, 7) is 1.99. The number of hydrogen-bond acceptors (Lipinski definition) is 3. The van der Waals surface area contributed by atoms with Crippen molar-refractivity contribution in [2.45, 2.75) is 6.92 Å². The number of carbonyl (C=O) groups excluding carboxylic acids is 1. The standard InChI is InChI=1S/C13H11ClN2OS2/c1-8-2-7-11(19-8)16-13(18)12(17)15-10-5-3-9(14)4-6-10/h2-7H,1H3,(H,15,17)(H,16,18). The number of aryl methyl sites for hydroxylation is 1. The lowest BCUT2D eigenvalue weighted by atomic mass is 10.3. The highest BCUT2D eigenvalue weighted by molar-refractivity contribution is 7.82. The van der Waals surface area contributed by atoms with E-state index in [1.807, 2.05) is 19.1 Å². The van der Waals surface area contributed by atoms with Crippen LogP contribution in [-0.2, 0) is 4.79 Å². The third-order valence-corrected chi connectivity index (χ3v) is 3.74. The van der Waals surface area contributed by atoms with Crippen LogP contribution in [0.25, 0.3) is 0 Å². The number of rotatable bonds is 2. The second kappa shape index (κ2) is 6.14. The van der Waals surface area contributed by atoms with Gasteiger partial charge in [0.1, 0.15) is 0 Å². The van der Waals surface area contributed by atoms with Gasteiger partial charge in [0.15, 0.2) is 4.99 Å². The van der Waals surface area contributed by atoms with Gasteiger partial charge in [0.05, 0.1) is 5.00 Å². The molecule has 1 amide bonds. The third-order valence-electron chi connectivity index (χ3n) is 2.29. The monoisotopic (exact) mass is 310 g/mol. The van der Waals surface area contributed by atoms with E-state index >= 15 is 0 Å². The van der Waals surface area contributed by atoms with Crippen LogP contribution in [0.3, 0.4) is 0 Å². The Hall–Kier alpha value is -1.43. The van der Waals surface area contributed by atoms with Crippen LogP contribution in [0.15, 0.2) is 36.4 Å². The molecule has 1 heterocycles. The quantitative estimate of drug-likeness (QED) is 0.821. The Morgan fingerprint density at radius 1 is 1.16 bits per heavy atom. The van der Waals surface area contributed by atoms with Crippen LogP contribution in [0, 0.1) is 6.92 Å². The molecule has 0 spiro atoms. The molecule has 0 aliphatic heterocycles. The lowest BCUT2D eigenvalue weighted by molar-refractivity contribution is -0.110. The molecule has 0 aliphatic rings. The smallest absolute Gasteiger partial charge is 0.283 e. The maximum atomic E-state index is 11.9. The average Bonchev–Trinajstić information content (AvgIpc) is 2.77. The summed E-state index contributed by atoms with van der Waals surface area (Å²) in [4.78, 5) is 13.2. The van der Waals surface area contributed by atoms with Crippen molar-refractivity contribution in [3.63, 3.8) is 0 Å². The molecular formula is C13H11ClN2OS2. The minimum absolute atomic E-state index is 0.136. The highest BCUT2D eigenvalue weighted by Gasteiger charge is 2.10. The predicted molar refractivity (Wildman–Crippen MR) is 85.4 cm³/mol. The molecule has 0 aliphatic carbocycles. The summed E-state index contributed by atoms with van der Waals surface area (Å²) in [6.07, 6.45) is 0. The molecular weight excluding hydrogens is 300 g/mol. The Morgan fingerprint density at radius 3 is 2.42 bits per heavy atom.